The van der Waals surface area contributed by atoms with Crippen molar-refractivity contribution >= 4 is 0 Å². The second-order valence-corrected chi connectivity index (χ2v) is 6.80. The zero-order valence-corrected chi connectivity index (χ0v) is 14.5. The first kappa shape index (κ1) is 18.4. The second kappa shape index (κ2) is 9.40. The fourth-order valence-corrected chi connectivity index (χ4v) is 3.15. The van der Waals surface area contributed by atoms with Crippen LogP contribution in [0.4, 0.5) is 0 Å². The molecule has 1 unspecified atom stereocenters. The fraction of sp³-hybridized carbons (Fsp3) is 0.941. The van der Waals surface area contributed by atoms with Crippen LogP contribution < -0.4 is 5.32 Å². The number of hydrogen-bond donors (Lipinski definition) is 1. The van der Waals surface area contributed by atoms with Crippen molar-refractivity contribution in [1.29, 1.82) is 5.26 Å². The predicted molar refractivity (Wildman–Crippen MR) is 89.3 cm³/mol. The lowest BCUT2D eigenvalue weighted by molar-refractivity contribution is 0.243. The van der Waals surface area contributed by atoms with Crippen LogP contribution >= 0.6 is 0 Å². The zero-order chi connectivity index (χ0) is 15.7. The summed E-state index contributed by atoms with van der Waals surface area (Å²) >= 11 is 0. The summed E-state index contributed by atoms with van der Waals surface area (Å²) in [6.45, 7) is 12.3. The van der Waals surface area contributed by atoms with E-state index in [4.69, 9.17) is 0 Å². The first-order valence-corrected chi connectivity index (χ1v) is 8.61. The molecule has 0 aromatic rings. The zero-order valence-electron chi connectivity index (χ0n) is 14.5. The second-order valence-electron chi connectivity index (χ2n) is 6.80. The Morgan fingerprint density at radius 2 is 1.95 bits per heavy atom. The molecule has 1 N–H and O–H groups in total. The maximum atomic E-state index is 9.50. The van der Waals surface area contributed by atoms with Crippen LogP contribution in [0.1, 0.15) is 52.9 Å². The van der Waals surface area contributed by atoms with Crippen LogP contribution in [-0.2, 0) is 0 Å². The summed E-state index contributed by atoms with van der Waals surface area (Å²) in [7, 11) is 2.20. The number of nitrogens with one attached hydrogen (secondary N) is 1. The minimum absolute atomic E-state index is 0.343. The van der Waals surface area contributed by atoms with E-state index in [0.717, 1.165) is 32.4 Å². The Labute approximate surface area is 131 Å². The van der Waals surface area contributed by atoms with Gasteiger partial charge in [-0.3, -0.25) is 5.32 Å². The quantitative estimate of drug-likeness (QED) is 0.672. The molecule has 4 nitrogen and oxygen atoms in total. The molecule has 1 aliphatic heterocycles. The predicted octanol–water partition coefficient (Wildman–Crippen LogP) is 2.46. The van der Waals surface area contributed by atoms with E-state index in [1.807, 2.05) is 0 Å². The molecule has 21 heavy (non-hydrogen) atoms. The van der Waals surface area contributed by atoms with Crippen LogP contribution in [0.2, 0.25) is 0 Å². The molecular weight excluding hydrogens is 260 g/mol. The Balaban J connectivity index is 2.24. The van der Waals surface area contributed by atoms with E-state index >= 15 is 0 Å². The Morgan fingerprint density at radius 1 is 1.29 bits per heavy atom. The highest BCUT2D eigenvalue weighted by molar-refractivity contribution is 5.06. The molecule has 1 saturated heterocycles. The molecule has 1 heterocycles. The Hall–Kier alpha value is -0.630. The molecule has 1 fully saturated rings. The highest BCUT2D eigenvalue weighted by Crippen LogP contribution is 2.18. The van der Waals surface area contributed by atoms with Gasteiger partial charge >= 0.3 is 0 Å². The number of hydrogen-bond acceptors (Lipinski definition) is 4. The Bertz CT molecular complexity index is 317. The monoisotopic (exact) mass is 294 g/mol. The van der Waals surface area contributed by atoms with Gasteiger partial charge < -0.3 is 9.80 Å². The molecule has 0 aromatic carbocycles. The molecule has 0 spiro atoms. The van der Waals surface area contributed by atoms with Crippen LogP contribution in [0.25, 0.3) is 0 Å². The average molecular weight is 294 g/mol. The molecule has 0 bridgehead atoms. The number of likely N-dealkylation sites (tertiary alicyclic amines) is 1. The normalized spacial score (nSPS) is 19.1. The fourth-order valence-electron chi connectivity index (χ4n) is 3.15. The third kappa shape index (κ3) is 6.78. The van der Waals surface area contributed by atoms with Crippen molar-refractivity contribution in [2.24, 2.45) is 0 Å². The van der Waals surface area contributed by atoms with Gasteiger partial charge in [-0.15, -0.1) is 0 Å². The minimum Gasteiger partial charge on any atom is -0.305 e. The van der Waals surface area contributed by atoms with Gasteiger partial charge in [-0.05, 0) is 72.6 Å². The highest BCUT2D eigenvalue weighted by atomic mass is 15.2. The summed E-state index contributed by atoms with van der Waals surface area (Å²) in [6, 6.07) is 2.87. The lowest BCUT2D eigenvalue weighted by Gasteiger charge is -2.30. The molecule has 4 heteroatoms. The highest BCUT2D eigenvalue weighted by Gasteiger charge is 2.27. The van der Waals surface area contributed by atoms with Crippen LogP contribution in [-0.4, -0.2) is 61.2 Å². The lowest BCUT2D eigenvalue weighted by Crippen LogP contribution is -2.47. The Morgan fingerprint density at radius 3 is 2.48 bits per heavy atom. The molecule has 0 radical (unpaired) electrons. The van der Waals surface area contributed by atoms with Crippen molar-refractivity contribution in [3.8, 4) is 6.07 Å². The van der Waals surface area contributed by atoms with Gasteiger partial charge in [0, 0.05) is 19.1 Å². The maximum absolute atomic E-state index is 9.50. The smallest absolute Gasteiger partial charge is 0.106 e. The minimum atomic E-state index is -0.343. The first-order chi connectivity index (χ1) is 10.0. The summed E-state index contributed by atoms with van der Waals surface area (Å²) in [5.74, 6) is 0. The van der Waals surface area contributed by atoms with Gasteiger partial charge in [0.05, 0.1) is 6.07 Å². The van der Waals surface area contributed by atoms with E-state index in [1.54, 1.807) is 0 Å². The van der Waals surface area contributed by atoms with Crippen molar-refractivity contribution in [3.63, 3.8) is 0 Å². The largest absolute Gasteiger partial charge is 0.305 e. The molecule has 0 saturated carbocycles. The molecule has 122 valence electrons. The van der Waals surface area contributed by atoms with Gasteiger partial charge in [-0.2, -0.15) is 5.26 Å². The number of likely N-dealkylation sites (N-methyl/N-ethyl adjacent to an activating group) is 1. The van der Waals surface area contributed by atoms with E-state index < -0.39 is 0 Å². The van der Waals surface area contributed by atoms with Gasteiger partial charge in [0.2, 0.25) is 0 Å². The van der Waals surface area contributed by atoms with Gasteiger partial charge in [0.1, 0.15) is 5.54 Å². The average Bonchev–Trinajstić information content (AvgIpc) is 2.97. The van der Waals surface area contributed by atoms with Crippen LogP contribution in [0.3, 0.4) is 0 Å². The summed E-state index contributed by atoms with van der Waals surface area (Å²) in [4.78, 5) is 4.97. The molecule has 1 rings (SSSR count). The van der Waals surface area contributed by atoms with E-state index in [2.05, 4.69) is 49.0 Å². The molecule has 1 aliphatic rings. The van der Waals surface area contributed by atoms with E-state index in [-0.39, 0.29) is 5.54 Å². The summed E-state index contributed by atoms with van der Waals surface area (Å²) in [5, 5.41) is 13.0. The summed E-state index contributed by atoms with van der Waals surface area (Å²) < 4.78 is 0. The van der Waals surface area contributed by atoms with Crippen molar-refractivity contribution in [1.82, 2.24) is 15.1 Å². The first-order valence-electron chi connectivity index (χ1n) is 8.61. The van der Waals surface area contributed by atoms with Crippen molar-refractivity contribution in [2.45, 2.75) is 64.5 Å². The van der Waals surface area contributed by atoms with E-state index in [9.17, 15) is 5.26 Å². The number of nitriles is 1. The SMILES string of the molecule is CCC(C#N)(CCCN(C)CCN1CCCC1)NC(C)C. The third-order valence-electron chi connectivity index (χ3n) is 4.52. The van der Waals surface area contributed by atoms with Gasteiger partial charge in [0.15, 0.2) is 0 Å². The standard InChI is InChI=1S/C17H34N4/c1-5-17(15-18,19-16(2)3)9-8-10-20(4)13-14-21-11-6-7-12-21/h16,19H,5-14H2,1-4H3. The maximum Gasteiger partial charge on any atom is 0.106 e. The van der Waals surface area contributed by atoms with E-state index in [1.165, 1.54) is 32.5 Å². The van der Waals surface area contributed by atoms with E-state index in [0.29, 0.717) is 6.04 Å². The van der Waals surface area contributed by atoms with Crippen LogP contribution in [0.5, 0.6) is 0 Å². The third-order valence-corrected chi connectivity index (χ3v) is 4.52. The molecule has 0 aromatic heterocycles. The molecule has 1 atom stereocenters. The van der Waals surface area contributed by atoms with Gasteiger partial charge in [-0.1, -0.05) is 6.92 Å². The summed E-state index contributed by atoms with van der Waals surface area (Å²) in [5.41, 5.74) is -0.343. The van der Waals surface area contributed by atoms with Gasteiger partial charge in [-0.25, -0.2) is 0 Å². The van der Waals surface area contributed by atoms with Crippen LogP contribution in [0, 0.1) is 11.3 Å². The van der Waals surface area contributed by atoms with Crippen molar-refractivity contribution in [3.05, 3.63) is 0 Å². The summed E-state index contributed by atoms with van der Waals surface area (Å²) in [6.07, 6.45) is 5.63. The van der Waals surface area contributed by atoms with Gasteiger partial charge in [0.25, 0.3) is 0 Å². The Kier molecular flexibility index (Phi) is 8.24. The number of rotatable bonds is 10. The molecular formula is C17H34N4. The van der Waals surface area contributed by atoms with Crippen molar-refractivity contribution in [2.75, 3.05) is 39.8 Å². The van der Waals surface area contributed by atoms with Crippen molar-refractivity contribution < 1.29 is 0 Å². The molecule has 0 amide bonds. The molecule has 0 aliphatic carbocycles. The topological polar surface area (TPSA) is 42.3 Å². The number of nitrogens with zero attached hydrogens (tertiary/aromatic N) is 3. The van der Waals surface area contributed by atoms with Crippen LogP contribution in [0.15, 0.2) is 0 Å². The lowest BCUT2D eigenvalue weighted by atomic mass is 9.91.